The lowest BCUT2D eigenvalue weighted by molar-refractivity contribution is -0.127. The number of carbonyl (C=O) groups is 2. The van der Waals surface area contributed by atoms with Crippen LogP contribution in [0.2, 0.25) is 0 Å². The zero-order chi connectivity index (χ0) is 24.4. The molecule has 2 saturated heterocycles. The van der Waals surface area contributed by atoms with Crippen molar-refractivity contribution in [2.45, 2.75) is 45.4 Å². The van der Waals surface area contributed by atoms with E-state index in [-0.39, 0.29) is 11.8 Å². The van der Waals surface area contributed by atoms with Crippen molar-refractivity contribution in [3.63, 3.8) is 0 Å². The van der Waals surface area contributed by atoms with Crippen LogP contribution in [0.4, 0.5) is 5.82 Å². The lowest BCUT2D eigenvalue weighted by atomic mass is 10.0. The number of fused-ring (bicyclic) bond motifs is 1. The third-order valence-corrected chi connectivity index (χ3v) is 7.91. The maximum Gasteiger partial charge on any atom is 0.264 e. The fourth-order valence-electron chi connectivity index (χ4n) is 4.93. The number of nitrogens with zero attached hydrogens (tertiary/aromatic N) is 4. The largest absolute Gasteiger partial charge is 0.383 e. The average Bonchev–Trinajstić information content (AvgIpc) is 3.27. The van der Waals surface area contributed by atoms with Crippen molar-refractivity contribution in [1.29, 1.82) is 0 Å². The number of aromatic nitrogens is 2. The Morgan fingerprint density at radius 2 is 1.54 bits per heavy atom. The first-order chi connectivity index (χ1) is 17.0. The SMILES string of the molecule is C/C(=C\c1c(C(=O)N2CCCCC2)sc2nc(-c3ccccc3)nc(N)c12)C(=O)N1CCCCC1. The maximum absolute atomic E-state index is 13.6. The van der Waals surface area contributed by atoms with Gasteiger partial charge in [-0.05, 0) is 51.5 Å². The van der Waals surface area contributed by atoms with Gasteiger partial charge in [-0.1, -0.05) is 30.3 Å². The molecule has 0 spiro atoms. The molecule has 0 unspecified atom stereocenters. The number of nitrogen functional groups attached to an aromatic ring is 1. The summed E-state index contributed by atoms with van der Waals surface area (Å²) in [6.07, 6.45) is 8.21. The van der Waals surface area contributed by atoms with E-state index in [2.05, 4.69) is 4.98 Å². The summed E-state index contributed by atoms with van der Waals surface area (Å²) in [5, 5.41) is 0.654. The van der Waals surface area contributed by atoms with Gasteiger partial charge in [0, 0.05) is 42.9 Å². The van der Waals surface area contributed by atoms with Crippen LogP contribution in [0.5, 0.6) is 0 Å². The van der Waals surface area contributed by atoms with E-state index in [9.17, 15) is 9.59 Å². The molecule has 0 aliphatic carbocycles. The van der Waals surface area contributed by atoms with Gasteiger partial charge in [-0.15, -0.1) is 11.3 Å². The van der Waals surface area contributed by atoms with Crippen molar-refractivity contribution in [1.82, 2.24) is 19.8 Å². The molecule has 2 N–H and O–H groups in total. The zero-order valence-corrected chi connectivity index (χ0v) is 20.9. The van der Waals surface area contributed by atoms with Crippen molar-refractivity contribution in [2.24, 2.45) is 0 Å². The molecule has 35 heavy (non-hydrogen) atoms. The Balaban J connectivity index is 1.61. The molecule has 2 aliphatic rings. The number of likely N-dealkylation sites (tertiary alicyclic amines) is 2. The van der Waals surface area contributed by atoms with Gasteiger partial charge in [-0.2, -0.15) is 0 Å². The number of amides is 2. The van der Waals surface area contributed by atoms with Crippen molar-refractivity contribution in [3.05, 3.63) is 46.3 Å². The Hall–Kier alpha value is -3.26. The zero-order valence-electron chi connectivity index (χ0n) is 20.1. The second-order valence-electron chi connectivity index (χ2n) is 9.36. The van der Waals surface area contributed by atoms with Gasteiger partial charge in [0.1, 0.15) is 15.5 Å². The van der Waals surface area contributed by atoms with Gasteiger partial charge in [-0.3, -0.25) is 9.59 Å². The molecule has 3 aromatic rings. The normalized spacial score (nSPS) is 17.1. The van der Waals surface area contributed by atoms with Gasteiger partial charge in [0.2, 0.25) is 5.91 Å². The Bertz CT molecular complexity index is 1270. The summed E-state index contributed by atoms with van der Waals surface area (Å²) in [6, 6.07) is 9.69. The maximum atomic E-state index is 13.6. The minimum atomic E-state index is -0.0159. The standard InChI is InChI=1S/C27H31N5O2S/c1-18(26(33)31-13-7-3-8-14-31)17-20-21-23(28)29-24(19-11-5-2-6-12-19)30-25(21)35-22(20)27(34)32-15-9-4-10-16-32/h2,5-6,11-12,17H,3-4,7-10,13-16H2,1H3,(H2,28,29,30)/b18-17+. The minimum Gasteiger partial charge on any atom is -0.383 e. The molecular weight excluding hydrogens is 458 g/mol. The molecule has 182 valence electrons. The van der Waals surface area contributed by atoms with E-state index >= 15 is 0 Å². The van der Waals surface area contributed by atoms with Crippen LogP contribution in [-0.2, 0) is 4.79 Å². The van der Waals surface area contributed by atoms with Crippen LogP contribution in [0.15, 0.2) is 35.9 Å². The fraction of sp³-hybridized carbons (Fsp3) is 0.407. The minimum absolute atomic E-state index is 0.0146. The lowest BCUT2D eigenvalue weighted by Gasteiger charge is -2.27. The van der Waals surface area contributed by atoms with Crippen molar-refractivity contribution >= 4 is 45.3 Å². The number of anilines is 1. The number of benzene rings is 1. The number of rotatable bonds is 4. The van der Waals surface area contributed by atoms with Crippen LogP contribution in [0.3, 0.4) is 0 Å². The van der Waals surface area contributed by atoms with Gasteiger partial charge in [0.25, 0.3) is 5.91 Å². The summed E-state index contributed by atoms with van der Waals surface area (Å²) < 4.78 is 0. The summed E-state index contributed by atoms with van der Waals surface area (Å²) in [4.78, 5) is 41.2. The first-order valence-electron chi connectivity index (χ1n) is 12.4. The number of hydrogen-bond acceptors (Lipinski definition) is 6. The highest BCUT2D eigenvalue weighted by atomic mass is 32.1. The molecule has 4 heterocycles. The first kappa shape index (κ1) is 23.5. The lowest BCUT2D eigenvalue weighted by Crippen LogP contribution is -2.36. The van der Waals surface area contributed by atoms with E-state index in [1.54, 1.807) is 0 Å². The van der Waals surface area contributed by atoms with Gasteiger partial charge in [0.05, 0.1) is 5.39 Å². The summed E-state index contributed by atoms with van der Waals surface area (Å²) >= 11 is 1.35. The fourth-order valence-corrected chi connectivity index (χ4v) is 6.06. The highest BCUT2D eigenvalue weighted by Gasteiger charge is 2.27. The van der Waals surface area contributed by atoms with Crippen molar-refractivity contribution in [2.75, 3.05) is 31.9 Å². The van der Waals surface area contributed by atoms with Crippen LogP contribution < -0.4 is 5.73 Å². The molecule has 0 atom stereocenters. The number of hydrogen-bond donors (Lipinski definition) is 1. The second-order valence-corrected chi connectivity index (χ2v) is 10.4. The van der Waals surface area contributed by atoms with E-state index in [4.69, 9.17) is 10.7 Å². The third-order valence-electron chi connectivity index (χ3n) is 6.83. The van der Waals surface area contributed by atoms with Gasteiger partial charge >= 0.3 is 0 Å². The topological polar surface area (TPSA) is 92.4 Å². The Morgan fingerprint density at radius 3 is 2.20 bits per heavy atom. The molecule has 2 aromatic heterocycles. The van der Waals surface area contributed by atoms with Crippen LogP contribution in [-0.4, -0.2) is 57.8 Å². The number of carbonyl (C=O) groups excluding carboxylic acids is 2. The van der Waals surface area contributed by atoms with Gasteiger partial charge < -0.3 is 15.5 Å². The van der Waals surface area contributed by atoms with E-state index in [1.165, 1.54) is 11.3 Å². The number of piperidine rings is 2. The molecule has 8 heteroatoms. The molecule has 0 saturated carbocycles. The number of nitrogens with two attached hydrogens (primary N) is 1. The van der Waals surface area contributed by atoms with E-state index < -0.39 is 0 Å². The van der Waals surface area contributed by atoms with Gasteiger partial charge in [0.15, 0.2) is 5.82 Å². The molecule has 2 amide bonds. The summed E-state index contributed by atoms with van der Waals surface area (Å²) in [7, 11) is 0. The second kappa shape index (κ2) is 10.2. The van der Waals surface area contributed by atoms with E-state index in [0.717, 1.165) is 70.3 Å². The Kier molecular flexibility index (Phi) is 6.81. The number of thiophene rings is 1. The van der Waals surface area contributed by atoms with Crippen LogP contribution >= 0.6 is 11.3 Å². The Morgan fingerprint density at radius 1 is 0.914 bits per heavy atom. The predicted octanol–water partition coefficient (Wildman–Crippen LogP) is 4.98. The summed E-state index contributed by atoms with van der Waals surface area (Å²) in [5.74, 6) is 0.858. The quantitative estimate of drug-likeness (QED) is 0.522. The highest BCUT2D eigenvalue weighted by Crippen LogP contribution is 2.37. The van der Waals surface area contributed by atoms with Gasteiger partial charge in [-0.25, -0.2) is 9.97 Å². The van der Waals surface area contributed by atoms with Crippen molar-refractivity contribution in [3.8, 4) is 11.4 Å². The van der Waals surface area contributed by atoms with Crippen LogP contribution in [0.25, 0.3) is 27.7 Å². The molecule has 0 bridgehead atoms. The summed E-state index contributed by atoms with van der Waals surface area (Å²) in [6.45, 7) is 4.88. The molecule has 0 radical (unpaired) electrons. The van der Waals surface area contributed by atoms with Crippen LogP contribution in [0.1, 0.15) is 60.7 Å². The Labute approximate surface area is 209 Å². The third kappa shape index (κ3) is 4.80. The smallest absolute Gasteiger partial charge is 0.264 e. The molecular formula is C27H31N5O2S. The average molecular weight is 490 g/mol. The van der Waals surface area contributed by atoms with Crippen molar-refractivity contribution < 1.29 is 9.59 Å². The first-order valence-corrected chi connectivity index (χ1v) is 13.3. The molecule has 7 nitrogen and oxygen atoms in total. The monoisotopic (exact) mass is 489 g/mol. The molecule has 1 aromatic carbocycles. The van der Waals surface area contributed by atoms with Crippen LogP contribution in [0, 0.1) is 0 Å². The van der Waals surface area contributed by atoms with E-state index in [0.29, 0.717) is 37.9 Å². The highest BCUT2D eigenvalue weighted by molar-refractivity contribution is 7.20. The van der Waals surface area contributed by atoms with E-state index in [1.807, 2.05) is 53.1 Å². The molecule has 2 fully saturated rings. The summed E-state index contributed by atoms with van der Waals surface area (Å²) in [5.41, 5.74) is 8.63. The molecule has 2 aliphatic heterocycles. The molecule has 5 rings (SSSR count). The predicted molar refractivity (Wildman–Crippen MR) is 141 cm³/mol.